The summed E-state index contributed by atoms with van der Waals surface area (Å²) in [6, 6.07) is 4.06. The third-order valence-electron chi connectivity index (χ3n) is 1.42. The van der Waals surface area contributed by atoms with Crippen LogP contribution in [0.25, 0.3) is 6.08 Å². The molecular weight excluding hydrogens is 188 g/mol. The van der Waals surface area contributed by atoms with E-state index in [1.807, 2.05) is 0 Å². The summed E-state index contributed by atoms with van der Waals surface area (Å²) in [5.74, 6) is -1.56. The number of carbonyl (C=O) groups is 1. The normalized spacial score (nSPS) is 9.71. The van der Waals surface area contributed by atoms with Gasteiger partial charge >= 0.3 is 5.97 Å². The SMILES string of the molecule is O.O=C(O)C=Cc1ccc(O)c(O)c1. The zero-order chi connectivity index (χ0) is 9.84. The highest BCUT2D eigenvalue weighted by molar-refractivity contribution is 5.85. The zero-order valence-corrected chi connectivity index (χ0v) is 7.14. The predicted molar refractivity (Wildman–Crippen MR) is 50.1 cm³/mol. The molecule has 0 heterocycles. The maximum atomic E-state index is 10.1. The summed E-state index contributed by atoms with van der Waals surface area (Å²) < 4.78 is 0. The molecule has 76 valence electrons. The van der Waals surface area contributed by atoms with Crippen molar-refractivity contribution in [2.24, 2.45) is 0 Å². The number of hydrogen-bond donors (Lipinski definition) is 3. The van der Waals surface area contributed by atoms with Crippen LogP contribution >= 0.6 is 0 Å². The highest BCUT2D eigenvalue weighted by atomic mass is 16.4. The first-order chi connectivity index (χ1) is 6.09. The minimum absolute atomic E-state index is 0. The summed E-state index contributed by atoms with van der Waals surface area (Å²) >= 11 is 0. The lowest BCUT2D eigenvalue weighted by atomic mass is 10.2. The van der Waals surface area contributed by atoms with Gasteiger partial charge in [-0.25, -0.2) is 4.79 Å². The van der Waals surface area contributed by atoms with Crippen LogP contribution < -0.4 is 0 Å². The van der Waals surface area contributed by atoms with Crippen LogP contribution in [0.1, 0.15) is 5.56 Å². The van der Waals surface area contributed by atoms with Crippen molar-refractivity contribution >= 4 is 12.0 Å². The number of aliphatic carboxylic acids is 1. The number of phenolic OH excluding ortho intramolecular Hbond substituents is 2. The molecule has 0 aliphatic heterocycles. The molecular formula is C9H10O5. The fourth-order valence-electron chi connectivity index (χ4n) is 0.812. The van der Waals surface area contributed by atoms with Gasteiger partial charge < -0.3 is 20.8 Å². The van der Waals surface area contributed by atoms with Crippen LogP contribution in [0.2, 0.25) is 0 Å². The van der Waals surface area contributed by atoms with E-state index < -0.39 is 5.97 Å². The van der Waals surface area contributed by atoms with E-state index in [2.05, 4.69) is 0 Å². The van der Waals surface area contributed by atoms with E-state index in [-0.39, 0.29) is 17.0 Å². The Balaban J connectivity index is 0.00000169. The van der Waals surface area contributed by atoms with Crippen LogP contribution in [0, 0.1) is 0 Å². The maximum absolute atomic E-state index is 10.1. The Labute approximate surface area is 79.9 Å². The van der Waals surface area contributed by atoms with Gasteiger partial charge in [0.2, 0.25) is 0 Å². The summed E-state index contributed by atoms with van der Waals surface area (Å²) in [6.07, 6.45) is 2.27. The Morgan fingerprint density at radius 3 is 2.36 bits per heavy atom. The van der Waals surface area contributed by atoms with Crippen molar-refractivity contribution in [3.8, 4) is 11.5 Å². The number of benzene rings is 1. The van der Waals surface area contributed by atoms with Gasteiger partial charge in [-0.15, -0.1) is 0 Å². The molecule has 1 rings (SSSR count). The van der Waals surface area contributed by atoms with Crippen LogP contribution in [0.15, 0.2) is 24.3 Å². The molecule has 0 fully saturated rings. The number of hydrogen-bond acceptors (Lipinski definition) is 3. The lowest BCUT2D eigenvalue weighted by Crippen LogP contribution is -1.85. The standard InChI is InChI=1S/C9H8O4.H2O/c10-7-3-1-6(5-8(7)11)2-4-9(12)13;/h1-5,10-11H,(H,12,13);1H2. The quantitative estimate of drug-likeness (QED) is 0.471. The average Bonchev–Trinajstić information content (AvgIpc) is 2.07. The van der Waals surface area contributed by atoms with E-state index in [9.17, 15) is 4.79 Å². The van der Waals surface area contributed by atoms with Crippen molar-refractivity contribution in [3.63, 3.8) is 0 Å². The number of carboxylic acid groups (broad SMARTS) is 1. The molecule has 0 aliphatic rings. The van der Waals surface area contributed by atoms with Crippen molar-refractivity contribution in [1.82, 2.24) is 0 Å². The van der Waals surface area contributed by atoms with Crippen molar-refractivity contribution in [1.29, 1.82) is 0 Å². The Hall–Kier alpha value is -2.01. The maximum Gasteiger partial charge on any atom is 0.328 e. The van der Waals surface area contributed by atoms with Crippen LogP contribution in [0.5, 0.6) is 11.5 Å². The molecule has 0 unspecified atom stereocenters. The molecule has 0 spiro atoms. The zero-order valence-electron chi connectivity index (χ0n) is 7.14. The molecule has 0 amide bonds. The van der Waals surface area contributed by atoms with E-state index in [0.717, 1.165) is 6.08 Å². The first-order valence-electron chi connectivity index (χ1n) is 3.52. The van der Waals surface area contributed by atoms with Crippen LogP contribution in [0.3, 0.4) is 0 Å². The fraction of sp³-hybridized carbons (Fsp3) is 0. The molecule has 0 radical (unpaired) electrons. The third-order valence-corrected chi connectivity index (χ3v) is 1.42. The fourth-order valence-corrected chi connectivity index (χ4v) is 0.812. The van der Waals surface area contributed by atoms with Crippen molar-refractivity contribution in [3.05, 3.63) is 29.8 Å². The van der Waals surface area contributed by atoms with Crippen LogP contribution in [-0.4, -0.2) is 26.8 Å². The Kier molecular flexibility index (Phi) is 4.18. The number of rotatable bonds is 2. The molecule has 14 heavy (non-hydrogen) atoms. The van der Waals surface area contributed by atoms with Crippen molar-refractivity contribution in [2.75, 3.05) is 0 Å². The molecule has 0 atom stereocenters. The molecule has 1 aromatic rings. The highest BCUT2D eigenvalue weighted by Gasteiger charge is 1.97. The molecule has 0 aromatic heterocycles. The van der Waals surface area contributed by atoms with E-state index >= 15 is 0 Å². The molecule has 0 saturated heterocycles. The minimum atomic E-state index is -1.06. The first kappa shape index (κ1) is 12.0. The predicted octanol–water partition coefficient (Wildman–Crippen LogP) is 0.371. The molecule has 5 nitrogen and oxygen atoms in total. The minimum Gasteiger partial charge on any atom is -0.504 e. The van der Waals surface area contributed by atoms with E-state index in [0.29, 0.717) is 5.56 Å². The molecule has 5 N–H and O–H groups in total. The van der Waals surface area contributed by atoms with E-state index in [1.165, 1.54) is 24.3 Å². The van der Waals surface area contributed by atoms with Crippen molar-refractivity contribution < 1.29 is 25.6 Å². The average molecular weight is 198 g/mol. The lowest BCUT2D eigenvalue weighted by molar-refractivity contribution is -0.131. The van der Waals surface area contributed by atoms with Gasteiger partial charge in [0.05, 0.1) is 0 Å². The molecule has 0 saturated carbocycles. The lowest BCUT2D eigenvalue weighted by Gasteiger charge is -1.97. The summed E-state index contributed by atoms with van der Waals surface area (Å²) in [4.78, 5) is 10.1. The molecule has 0 bridgehead atoms. The largest absolute Gasteiger partial charge is 0.504 e. The summed E-state index contributed by atoms with van der Waals surface area (Å²) in [6.45, 7) is 0. The topological polar surface area (TPSA) is 109 Å². The smallest absolute Gasteiger partial charge is 0.328 e. The number of phenols is 2. The first-order valence-corrected chi connectivity index (χ1v) is 3.52. The van der Waals surface area contributed by atoms with E-state index in [4.69, 9.17) is 15.3 Å². The summed E-state index contributed by atoms with van der Waals surface area (Å²) in [7, 11) is 0. The van der Waals surface area contributed by atoms with Crippen molar-refractivity contribution in [2.45, 2.75) is 0 Å². The number of carboxylic acids is 1. The Morgan fingerprint density at radius 2 is 1.86 bits per heavy atom. The monoisotopic (exact) mass is 198 g/mol. The van der Waals surface area contributed by atoms with E-state index in [1.54, 1.807) is 0 Å². The Bertz CT molecular complexity index is 356. The van der Waals surface area contributed by atoms with Gasteiger partial charge in [0.1, 0.15) is 0 Å². The second-order valence-electron chi connectivity index (χ2n) is 2.42. The van der Waals surface area contributed by atoms with Gasteiger partial charge in [-0.05, 0) is 23.8 Å². The summed E-state index contributed by atoms with van der Waals surface area (Å²) in [5, 5.41) is 26.3. The van der Waals surface area contributed by atoms with Gasteiger partial charge in [-0.3, -0.25) is 0 Å². The van der Waals surface area contributed by atoms with Gasteiger partial charge in [0.25, 0.3) is 0 Å². The van der Waals surface area contributed by atoms with Crippen LogP contribution in [-0.2, 0) is 4.79 Å². The summed E-state index contributed by atoms with van der Waals surface area (Å²) in [5.41, 5.74) is 0.512. The second-order valence-corrected chi connectivity index (χ2v) is 2.42. The van der Waals surface area contributed by atoms with Gasteiger partial charge in [-0.2, -0.15) is 0 Å². The van der Waals surface area contributed by atoms with Crippen LogP contribution in [0.4, 0.5) is 0 Å². The molecule has 5 heteroatoms. The Morgan fingerprint density at radius 1 is 1.21 bits per heavy atom. The number of aromatic hydroxyl groups is 2. The van der Waals surface area contributed by atoms with Gasteiger partial charge in [-0.1, -0.05) is 6.07 Å². The second kappa shape index (κ2) is 4.88. The molecule has 1 aromatic carbocycles. The molecule has 0 aliphatic carbocycles. The van der Waals surface area contributed by atoms with Gasteiger partial charge in [0, 0.05) is 6.08 Å². The third kappa shape index (κ3) is 3.16. The highest BCUT2D eigenvalue weighted by Crippen LogP contribution is 2.25. The van der Waals surface area contributed by atoms with Gasteiger partial charge in [0.15, 0.2) is 11.5 Å².